The van der Waals surface area contributed by atoms with Crippen molar-refractivity contribution in [1.82, 2.24) is 10.9 Å². The van der Waals surface area contributed by atoms with Crippen molar-refractivity contribution in [2.45, 2.75) is 0 Å². The van der Waals surface area contributed by atoms with E-state index in [1.807, 2.05) is 0 Å². The Morgan fingerprint density at radius 3 is 2.37 bits per heavy atom. The van der Waals surface area contributed by atoms with Crippen LogP contribution < -0.4 is 26.2 Å². The highest BCUT2D eigenvalue weighted by atomic mass is 32.2. The minimum absolute atomic E-state index is 0.0765. The lowest BCUT2D eigenvalue weighted by atomic mass is 10.0. The van der Waals surface area contributed by atoms with Crippen molar-refractivity contribution in [3.05, 3.63) is 60.2 Å². The summed E-state index contributed by atoms with van der Waals surface area (Å²) in [5, 5.41) is 17.4. The van der Waals surface area contributed by atoms with E-state index in [1.165, 1.54) is 6.07 Å². The largest absolute Gasteiger partial charge is 0.755 e. The van der Waals surface area contributed by atoms with Gasteiger partial charge in [-0.05, 0) is 36.5 Å². The first kappa shape index (κ1) is 21.5. The van der Waals surface area contributed by atoms with Gasteiger partial charge in [-0.25, -0.2) is 5.43 Å². The predicted octanol–water partition coefficient (Wildman–Crippen LogP) is 2.42. The molecule has 1 atom stereocenters. The maximum Gasteiger partial charge on any atom is 0.259 e. The van der Waals surface area contributed by atoms with E-state index >= 15 is 0 Å². The van der Waals surface area contributed by atoms with Crippen LogP contribution in [0.2, 0.25) is 0 Å². The molecule has 0 aromatic heterocycles. The molecule has 0 saturated carbocycles. The number of benzene rings is 3. The minimum Gasteiger partial charge on any atom is -0.755 e. The molecule has 0 aliphatic carbocycles. The highest BCUT2D eigenvalue weighted by Gasteiger charge is 2.17. The van der Waals surface area contributed by atoms with Gasteiger partial charge in [0.1, 0.15) is 5.75 Å². The quantitative estimate of drug-likeness (QED) is 0.148. The maximum absolute atomic E-state index is 12.8. The summed E-state index contributed by atoms with van der Waals surface area (Å²) < 4.78 is 24.5. The second-order valence-electron chi connectivity index (χ2n) is 6.07. The fourth-order valence-corrected chi connectivity index (χ4v) is 3.42. The predicted molar refractivity (Wildman–Crippen MR) is 121 cm³/mol. The number of anilines is 3. The highest BCUT2D eigenvalue weighted by Crippen LogP contribution is 2.35. The number of hydrazine groups is 1. The SMILES string of the molecule is CNNC(=S)Nc1cccc(NC(=O)c2cc(NS(=O)[O-])c3ccccc3c2O)c1. The van der Waals surface area contributed by atoms with Crippen LogP contribution in [0.5, 0.6) is 5.75 Å². The van der Waals surface area contributed by atoms with Crippen LogP contribution in [-0.2, 0) is 11.3 Å². The van der Waals surface area contributed by atoms with Crippen LogP contribution in [0.4, 0.5) is 17.1 Å². The van der Waals surface area contributed by atoms with E-state index in [1.54, 1.807) is 55.6 Å². The summed E-state index contributed by atoms with van der Waals surface area (Å²) >= 11 is 2.50. The summed E-state index contributed by atoms with van der Waals surface area (Å²) in [5.41, 5.74) is 6.60. The summed E-state index contributed by atoms with van der Waals surface area (Å²) in [6.07, 6.45) is 0. The van der Waals surface area contributed by atoms with Crippen LogP contribution in [0, 0.1) is 0 Å². The molecule has 156 valence electrons. The Hall–Kier alpha value is -3.25. The van der Waals surface area contributed by atoms with Gasteiger partial charge in [-0.1, -0.05) is 30.3 Å². The molecule has 0 bridgehead atoms. The van der Waals surface area contributed by atoms with Crippen LogP contribution in [0.1, 0.15) is 10.4 Å². The molecule has 3 aromatic rings. The maximum atomic E-state index is 12.8. The van der Waals surface area contributed by atoms with E-state index in [4.69, 9.17) is 12.2 Å². The fourth-order valence-electron chi connectivity index (χ4n) is 2.86. The molecule has 0 radical (unpaired) electrons. The third-order valence-corrected chi connectivity index (χ3v) is 4.66. The van der Waals surface area contributed by atoms with Gasteiger partial charge in [0.05, 0.1) is 11.3 Å². The number of hydrogen-bond acceptors (Lipinski definition) is 6. The molecule has 0 aliphatic rings. The van der Waals surface area contributed by atoms with Crippen molar-refractivity contribution in [2.24, 2.45) is 0 Å². The monoisotopic (exact) mass is 444 g/mol. The summed E-state index contributed by atoms with van der Waals surface area (Å²) in [5.74, 6) is -0.856. The first-order valence-corrected chi connectivity index (χ1v) is 10.1. The van der Waals surface area contributed by atoms with Crippen LogP contribution >= 0.6 is 12.2 Å². The molecular weight excluding hydrogens is 426 g/mol. The summed E-state index contributed by atoms with van der Waals surface area (Å²) in [6.45, 7) is 0. The number of carbonyl (C=O) groups is 1. The lowest BCUT2D eigenvalue weighted by molar-refractivity contribution is 0.102. The Morgan fingerprint density at radius 2 is 1.70 bits per heavy atom. The molecular formula is C19H18N5O4S2-. The van der Waals surface area contributed by atoms with E-state index in [2.05, 4.69) is 26.2 Å². The molecule has 0 saturated heterocycles. The average Bonchev–Trinajstić information content (AvgIpc) is 2.70. The van der Waals surface area contributed by atoms with Crippen LogP contribution in [0.15, 0.2) is 54.6 Å². The second kappa shape index (κ2) is 9.50. The number of hydrogen-bond donors (Lipinski definition) is 6. The molecule has 6 N–H and O–H groups in total. The Morgan fingerprint density at radius 1 is 1.03 bits per heavy atom. The number of carbonyl (C=O) groups excluding carboxylic acids is 1. The van der Waals surface area contributed by atoms with Crippen molar-refractivity contribution >= 4 is 62.3 Å². The molecule has 30 heavy (non-hydrogen) atoms. The van der Waals surface area contributed by atoms with Crippen LogP contribution in [0.3, 0.4) is 0 Å². The van der Waals surface area contributed by atoms with Crippen LogP contribution in [-0.4, -0.2) is 31.9 Å². The lowest BCUT2D eigenvalue weighted by Crippen LogP contribution is -2.37. The number of aromatic hydroxyl groups is 1. The zero-order valence-electron chi connectivity index (χ0n) is 15.7. The first-order chi connectivity index (χ1) is 14.4. The Balaban J connectivity index is 1.91. The Labute approximate surface area is 180 Å². The van der Waals surface area contributed by atoms with E-state index < -0.39 is 17.2 Å². The van der Waals surface area contributed by atoms with Gasteiger partial charge in [-0.2, -0.15) is 0 Å². The molecule has 0 fully saturated rings. The smallest absolute Gasteiger partial charge is 0.259 e. The minimum atomic E-state index is -2.59. The van der Waals surface area contributed by atoms with Crippen LogP contribution in [0.25, 0.3) is 10.8 Å². The van der Waals surface area contributed by atoms with E-state index in [0.29, 0.717) is 27.3 Å². The molecule has 1 unspecified atom stereocenters. The number of thiocarbonyl (C=S) groups is 1. The van der Waals surface area contributed by atoms with Gasteiger partial charge in [-0.15, -0.1) is 0 Å². The van der Waals surface area contributed by atoms with Crippen molar-refractivity contribution in [3.8, 4) is 5.75 Å². The molecule has 3 aromatic carbocycles. The number of phenols is 1. The summed E-state index contributed by atoms with van der Waals surface area (Å²) in [4.78, 5) is 12.8. The number of nitrogens with one attached hydrogen (secondary N) is 5. The first-order valence-electron chi connectivity index (χ1n) is 8.65. The number of fused-ring (bicyclic) bond motifs is 1. The Bertz CT molecular complexity index is 1140. The molecule has 1 amide bonds. The Kier molecular flexibility index (Phi) is 6.79. The van der Waals surface area contributed by atoms with Gasteiger partial charge >= 0.3 is 0 Å². The number of rotatable bonds is 6. The van der Waals surface area contributed by atoms with Gasteiger partial charge in [-0.3, -0.25) is 14.4 Å². The fraction of sp³-hybridized carbons (Fsp3) is 0.0526. The standard InChI is InChI=1S/C19H19N5O4S2/c1-20-23-19(29)22-12-6-4-5-11(9-12)21-18(26)15-10-16(24-30(27)28)13-7-2-3-8-14(13)17(15)25/h2-10,20,24-25H,1H3,(H,21,26)(H,27,28)(H2,22,23,29)/p-1. The number of amides is 1. The molecule has 0 aliphatic heterocycles. The average molecular weight is 445 g/mol. The van der Waals surface area contributed by atoms with Crippen molar-refractivity contribution in [1.29, 1.82) is 0 Å². The van der Waals surface area contributed by atoms with Gasteiger partial charge in [0.2, 0.25) is 0 Å². The van der Waals surface area contributed by atoms with E-state index in [0.717, 1.165) is 0 Å². The topological polar surface area (TPSA) is 138 Å². The second-order valence-corrected chi connectivity index (χ2v) is 7.15. The zero-order chi connectivity index (χ0) is 21.7. The third-order valence-electron chi connectivity index (χ3n) is 4.07. The summed E-state index contributed by atoms with van der Waals surface area (Å²) in [7, 11) is 1.67. The van der Waals surface area contributed by atoms with Crippen molar-refractivity contribution < 1.29 is 18.7 Å². The van der Waals surface area contributed by atoms with Gasteiger partial charge in [0.15, 0.2) is 5.11 Å². The molecule has 9 nitrogen and oxygen atoms in total. The molecule has 0 spiro atoms. The van der Waals surface area contributed by atoms with Crippen molar-refractivity contribution in [2.75, 3.05) is 22.4 Å². The third kappa shape index (κ3) is 5.02. The zero-order valence-corrected chi connectivity index (χ0v) is 17.3. The highest BCUT2D eigenvalue weighted by molar-refractivity contribution is 7.80. The molecule has 3 rings (SSSR count). The molecule has 11 heteroatoms. The van der Waals surface area contributed by atoms with Gasteiger partial charge in [0.25, 0.3) is 5.91 Å². The van der Waals surface area contributed by atoms with Crippen molar-refractivity contribution in [3.63, 3.8) is 0 Å². The normalized spacial score (nSPS) is 11.5. The number of phenolic OH excluding ortho intramolecular Hbond substituents is 1. The van der Waals surface area contributed by atoms with E-state index in [-0.39, 0.29) is 17.0 Å². The van der Waals surface area contributed by atoms with E-state index in [9.17, 15) is 18.7 Å². The van der Waals surface area contributed by atoms with Gasteiger partial charge in [0, 0.05) is 40.5 Å². The molecule has 0 heterocycles. The lowest BCUT2D eigenvalue weighted by Gasteiger charge is -2.16. The summed E-state index contributed by atoms with van der Waals surface area (Å²) in [6, 6.07) is 14.7. The van der Waals surface area contributed by atoms with Gasteiger partial charge < -0.3 is 25.0 Å².